The number of hydrogen-bond donors (Lipinski definition) is 7. The normalized spacial score (nSPS) is 13.6. The molecule has 4 aromatic rings. The van der Waals surface area contributed by atoms with Gasteiger partial charge in [-0.1, -0.05) is 81.4 Å². The van der Waals surface area contributed by atoms with Crippen molar-refractivity contribution in [3.05, 3.63) is 132 Å². The van der Waals surface area contributed by atoms with Gasteiger partial charge in [0.05, 0.1) is 37.8 Å². The Balaban J connectivity index is 0.00000198. The molecule has 27 heteroatoms. The van der Waals surface area contributed by atoms with Crippen LogP contribution < -0.4 is 21.7 Å². The number of Topliss-reactive ketones (excluding diaryl/α,β-unsaturated/α-hetero) is 1. The lowest BCUT2D eigenvalue weighted by Crippen LogP contribution is -2.56. The van der Waals surface area contributed by atoms with Gasteiger partial charge in [0.25, 0.3) is 11.8 Å². The predicted octanol–water partition coefficient (Wildman–Crippen LogP) is 3.87. The van der Waals surface area contributed by atoms with E-state index in [2.05, 4.69) is 16.0 Å². The zero-order valence-corrected chi connectivity index (χ0v) is 45.2. The monoisotopic (exact) mass is 1170 g/mol. The summed E-state index contributed by atoms with van der Waals surface area (Å²) in [4.78, 5) is 141. The topological polar surface area (TPSA) is 331 Å². The van der Waals surface area contributed by atoms with Crippen LogP contribution in [0.25, 0.3) is 11.1 Å². The van der Waals surface area contributed by atoms with Gasteiger partial charge in [0.2, 0.25) is 29.5 Å². The molecule has 1 aliphatic rings. The number of nitrogens with two attached hydrogens (primary N) is 1. The number of nitrogens with one attached hydrogen (secondary N) is 3. The van der Waals surface area contributed by atoms with E-state index in [1.165, 1.54) is 4.90 Å². The van der Waals surface area contributed by atoms with Crippen molar-refractivity contribution in [1.82, 2.24) is 30.3 Å². The van der Waals surface area contributed by atoms with Crippen molar-refractivity contribution in [2.45, 2.75) is 96.7 Å². The number of hydrogen-bond acceptors (Lipinski definition) is 13. The van der Waals surface area contributed by atoms with E-state index in [0.29, 0.717) is 11.3 Å². The molecular weight excluding hydrogens is 1110 g/mol. The standard InChI is InChI=1S/C54H61F2N7O13.C2HF3O2/c1-54(2,3)50(43-23-36(39-26-37(55)16-17-40(39)56)29-61(43)28-33-11-6-4-7-12-33)62(47(69)31-64)22-20-41(52(74)58-21-10-15-38(65)30-63-45(67)18-19-46(63)68)59-53(75)42(27-44(57)66)60-51(73)35(24-48(70)71)25-49(72)76-32-34-13-8-5-9-14-34;3-2(4,5)1(6)7/h4-9,11-14,16-19,23,26,29,35,41-42,50,64H,10,15,20-22,24-25,27-28,30-32H2,1-3H3,(H2,57,66)(H,58,74)(H,59,75)(H,60,73)(H,70,71);(H,6,7)/t35-,41+,42+,50+;/m1./s1. The number of esters is 1. The summed E-state index contributed by atoms with van der Waals surface area (Å²) in [6, 6.07) is 17.7. The van der Waals surface area contributed by atoms with Crippen molar-refractivity contribution in [2.75, 3.05) is 26.2 Å². The van der Waals surface area contributed by atoms with Crippen LogP contribution in [0.5, 0.6) is 0 Å². The lowest BCUT2D eigenvalue weighted by atomic mass is 9.82. The van der Waals surface area contributed by atoms with Crippen LogP contribution in [-0.4, -0.2) is 139 Å². The van der Waals surface area contributed by atoms with Gasteiger partial charge in [-0.15, -0.1) is 0 Å². The fraction of sp³-hybridized carbons (Fsp3) is 0.375. The molecule has 0 bridgehead atoms. The van der Waals surface area contributed by atoms with E-state index in [1.54, 1.807) is 80.1 Å². The van der Waals surface area contributed by atoms with Crippen LogP contribution in [0.3, 0.4) is 0 Å². The lowest BCUT2D eigenvalue weighted by Gasteiger charge is -2.41. The number of carboxylic acid groups (broad SMARTS) is 2. The number of aliphatic hydroxyl groups is 1. The predicted molar refractivity (Wildman–Crippen MR) is 282 cm³/mol. The molecular formula is C56H62F5N7O15. The van der Waals surface area contributed by atoms with Crippen LogP contribution in [0.1, 0.15) is 82.2 Å². The van der Waals surface area contributed by atoms with Gasteiger partial charge in [0.15, 0.2) is 5.78 Å². The number of amides is 7. The van der Waals surface area contributed by atoms with Crippen molar-refractivity contribution >= 4 is 65.0 Å². The van der Waals surface area contributed by atoms with E-state index in [4.69, 9.17) is 20.4 Å². The Morgan fingerprint density at radius 1 is 0.759 bits per heavy atom. The molecule has 0 aliphatic carbocycles. The number of carbonyl (C=O) groups excluding carboxylic acids is 9. The summed E-state index contributed by atoms with van der Waals surface area (Å²) in [7, 11) is 0. The summed E-state index contributed by atoms with van der Waals surface area (Å²) >= 11 is 0. The van der Waals surface area contributed by atoms with Crippen molar-refractivity contribution in [3.8, 4) is 11.1 Å². The highest BCUT2D eigenvalue weighted by Crippen LogP contribution is 2.41. The molecule has 1 aliphatic heterocycles. The van der Waals surface area contributed by atoms with E-state index < -0.39 is 158 Å². The number of carbonyl (C=O) groups is 11. The maximum Gasteiger partial charge on any atom is 0.490 e. The molecule has 0 saturated heterocycles. The van der Waals surface area contributed by atoms with Crippen molar-refractivity contribution in [3.63, 3.8) is 0 Å². The average molecular weight is 1170 g/mol. The number of benzene rings is 3. The van der Waals surface area contributed by atoms with E-state index in [9.17, 15) is 75.7 Å². The van der Waals surface area contributed by atoms with E-state index >= 15 is 4.39 Å². The fourth-order valence-corrected chi connectivity index (χ4v) is 8.54. The Labute approximate surface area is 471 Å². The zero-order chi connectivity index (χ0) is 61.8. The fourth-order valence-electron chi connectivity index (χ4n) is 8.54. The number of carboxylic acids is 2. The molecule has 22 nitrogen and oxygen atoms in total. The van der Waals surface area contributed by atoms with Crippen LogP contribution in [0.4, 0.5) is 22.0 Å². The third kappa shape index (κ3) is 21.0. The number of ether oxygens (including phenoxy) is 1. The molecule has 0 unspecified atom stereocenters. The number of ketones is 1. The van der Waals surface area contributed by atoms with Crippen LogP contribution >= 0.6 is 0 Å². The van der Waals surface area contributed by atoms with Crippen LogP contribution in [-0.2, 0) is 70.6 Å². The van der Waals surface area contributed by atoms with Crippen LogP contribution in [0.2, 0.25) is 0 Å². The van der Waals surface area contributed by atoms with Gasteiger partial charge in [0, 0.05) is 61.2 Å². The number of nitrogens with zero attached hydrogens (tertiary/aromatic N) is 3. The second kappa shape index (κ2) is 30.6. The molecule has 2 heterocycles. The first kappa shape index (κ1) is 66.4. The van der Waals surface area contributed by atoms with Gasteiger partial charge >= 0.3 is 24.1 Å². The number of aliphatic carboxylic acids is 2. The summed E-state index contributed by atoms with van der Waals surface area (Å²) in [5.74, 6) is -15.3. The van der Waals surface area contributed by atoms with Crippen LogP contribution in [0, 0.1) is 23.0 Å². The lowest BCUT2D eigenvalue weighted by molar-refractivity contribution is -0.192. The van der Waals surface area contributed by atoms with Crippen molar-refractivity contribution in [1.29, 1.82) is 0 Å². The third-order valence-electron chi connectivity index (χ3n) is 12.4. The quantitative estimate of drug-likeness (QED) is 0.0184. The Bertz CT molecular complexity index is 3020. The minimum atomic E-state index is -5.08. The van der Waals surface area contributed by atoms with Gasteiger partial charge < -0.3 is 51.2 Å². The van der Waals surface area contributed by atoms with Crippen molar-refractivity contribution in [2.24, 2.45) is 17.1 Å². The molecule has 7 amide bonds. The van der Waals surface area contributed by atoms with Gasteiger partial charge in [-0.25, -0.2) is 13.6 Å². The summed E-state index contributed by atoms with van der Waals surface area (Å²) in [6.45, 7) is 3.20. The Hall–Kier alpha value is -9.14. The summed E-state index contributed by atoms with van der Waals surface area (Å²) in [5.41, 5.74) is 6.56. The SMILES string of the molecule is CC(C)(C)[C@H](c1cc(-c2cc(F)ccc2F)cn1Cc1ccccc1)N(CC[C@H](NC(=O)[C@H](CC(N)=O)NC(=O)[C@H](CC(=O)O)CC(=O)OCc1ccccc1)C(=O)NCCCC(=O)CN1C(=O)C=CC1=O)C(=O)CO.O=C(O)C(F)(F)F. The molecule has 1 aromatic heterocycles. The van der Waals surface area contributed by atoms with E-state index in [1.807, 2.05) is 18.2 Å². The molecule has 0 spiro atoms. The van der Waals surface area contributed by atoms with Gasteiger partial charge in [0.1, 0.15) is 36.9 Å². The van der Waals surface area contributed by atoms with Gasteiger partial charge in [-0.3, -0.25) is 52.8 Å². The van der Waals surface area contributed by atoms with Crippen LogP contribution in [0.15, 0.2) is 103 Å². The highest BCUT2D eigenvalue weighted by atomic mass is 19.4. The number of aliphatic hydroxyl groups excluding tert-OH is 1. The molecule has 0 saturated carbocycles. The molecule has 446 valence electrons. The minimum absolute atomic E-state index is 0.0120. The molecule has 8 N–H and O–H groups in total. The maximum absolute atomic E-state index is 15.4. The second-order valence-corrected chi connectivity index (χ2v) is 20.0. The highest BCUT2D eigenvalue weighted by molar-refractivity contribution is 6.14. The zero-order valence-electron chi connectivity index (χ0n) is 45.2. The Morgan fingerprint density at radius 2 is 1.35 bits per heavy atom. The smallest absolute Gasteiger partial charge is 0.481 e. The summed E-state index contributed by atoms with van der Waals surface area (Å²) < 4.78 is 68.7. The summed E-state index contributed by atoms with van der Waals surface area (Å²) in [5, 5.41) is 34.6. The largest absolute Gasteiger partial charge is 0.490 e. The molecule has 83 heavy (non-hydrogen) atoms. The van der Waals surface area contributed by atoms with E-state index in [0.717, 1.165) is 40.8 Å². The number of rotatable bonds is 28. The summed E-state index contributed by atoms with van der Waals surface area (Å²) in [6.07, 6.45) is -4.61. The highest BCUT2D eigenvalue weighted by Gasteiger charge is 2.40. The molecule has 5 rings (SSSR count). The van der Waals surface area contributed by atoms with E-state index in [-0.39, 0.29) is 43.7 Å². The third-order valence-corrected chi connectivity index (χ3v) is 12.4. The molecule has 0 radical (unpaired) electrons. The van der Waals surface area contributed by atoms with Gasteiger partial charge in [-0.05, 0) is 53.6 Å². The first-order valence-corrected chi connectivity index (χ1v) is 25.5. The average Bonchev–Trinajstić information content (AvgIpc) is 2.60. The number of primary amides is 1. The first-order chi connectivity index (χ1) is 39.0. The first-order valence-electron chi connectivity index (χ1n) is 25.5. The number of aromatic nitrogens is 1. The minimum Gasteiger partial charge on any atom is -0.481 e. The van der Waals surface area contributed by atoms with Crippen molar-refractivity contribution < 1.29 is 94.7 Å². The molecule has 0 fully saturated rings. The molecule has 4 atom stereocenters. The van der Waals surface area contributed by atoms with Gasteiger partial charge in [-0.2, -0.15) is 13.2 Å². The molecule has 3 aromatic carbocycles. The number of halogens is 5. The Kier molecular flexibility index (Phi) is 24.5. The second-order valence-electron chi connectivity index (χ2n) is 20.0. The number of imide groups is 1. The maximum atomic E-state index is 15.4. The number of alkyl halides is 3. The Morgan fingerprint density at radius 3 is 1.90 bits per heavy atom.